The predicted molar refractivity (Wildman–Crippen MR) is 51.3 cm³/mol. The predicted octanol–water partition coefficient (Wildman–Crippen LogP) is 2.32. The smallest absolute Gasteiger partial charge is 0.126 e. The van der Waals surface area contributed by atoms with Gasteiger partial charge in [-0.2, -0.15) is 0 Å². The Balaban J connectivity index is 2.81. The number of aryl methyl sites for hydroxylation is 1. The normalized spacial score (nSPS) is 12.9. The number of aliphatic hydroxyl groups is 1. The second-order valence-electron chi connectivity index (χ2n) is 2.77. The highest BCUT2D eigenvalue weighted by Gasteiger charge is 2.11. The Hall–Kier alpha value is -0.670. The zero-order valence-electron chi connectivity index (χ0n) is 7.37. The molecule has 0 aliphatic rings. The van der Waals surface area contributed by atoms with Crippen molar-refractivity contribution in [3.63, 3.8) is 0 Å². The summed E-state index contributed by atoms with van der Waals surface area (Å²) < 4.78 is 0. The Bertz CT molecular complexity index is 280. The third-order valence-corrected chi connectivity index (χ3v) is 2.81. The number of thiazole rings is 1. The lowest BCUT2D eigenvalue weighted by atomic mass is 10.2. The zero-order chi connectivity index (χ0) is 9.14. The molecule has 1 unspecified atom stereocenters. The second kappa shape index (κ2) is 3.83. The number of rotatable bonds is 3. The van der Waals surface area contributed by atoms with Gasteiger partial charge in [-0.15, -0.1) is 11.3 Å². The van der Waals surface area contributed by atoms with E-state index in [4.69, 9.17) is 0 Å². The minimum Gasteiger partial charge on any atom is -0.382 e. The first-order chi connectivity index (χ1) is 5.65. The molecule has 0 bridgehead atoms. The summed E-state index contributed by atoms with van der Waals surface area (Å²) in [7, 11) is 0. The van der Waals surface area contributed by atoms with Crippen LogP contribution in [0.2, 0.25) is 0 Å². The molecule has 0 saturated heterocycles. The van der Waals surface area contributed by atoms with Crippen molar-refractivity contribution in [2.75, 3.05) is 0 Å². The van der Waals surface area contributed by atoms with E-state index in [0.717, 1.165) is 17.0 Å². The molecule has 1 heterocycles. The van der Waals surface area contributed by atoms with Crippen molar-refractivity contribution in [2.45, 2.75) is 26.4 Å². The second-order valence-corrected chi connectivity index (χ2v) is 3.91. The summed E-state index contributed by atoms with van der Waals surface area (Å²) in [6, 6.07) is 0. The standard InChI is InChI=1S/C9H13NOS/c1-4-7-5-10-9(12-7)8(11)6(2)3/h5,8,11H,2,4H2,1,3H3. The molecule has 1 N–H and O–H groups in total. The lowest BCUT2D eigenvalue weighted by Crippen LogP contribution is -1.95. The van der Waals surface area contributed by atoms with E-state index >= 15 is 0 Å². The largest absolute Gasteiger partial charge is 0.382 e. The van der Waals surface area contributed by atoms with Gasteiger partial charge < -0.3 is 5.11 Å². The minimum atomic E-state index is -0.588. The lowest BCUT2D eigenvalue weighted by Gasteiger charge is -2.04. The molecular weight excluding hydrogens is 170 g/mol. The quantitative estimate of drug-likeness (QED) is 0.729. The van der Waals surface area contributed by atoms with Crippen molar-refractivity contribution in [3.05, 3.63) is 28.2 Å². The van der Waals surface area contributed by atoms with Crippen molar-refractivity contribution in [1.82, 2.24) is 4.98 Å². The van der Waals surface area contributed by atoms with E-state index in [-0.39, 0.29) is 0 Å². The molecule has 0 spiro atoms. The summed E-state index contributed by atoms with van der Waals surface area (Å²) in [6.07, 6.45) is 2.20. The number of hydrogen-bond acceptors (Lipinski definition) is 3. The van der Waals surface area contributed by atoms with E-state index in [2.05, 4.69) is 18.5 Å². The van der Waals surface area contributed by atoms with E-state index in [0.29, 0.717) is 0 Å². The van der Waals surface area contributed by atoms with Crippen LogP contribution in [0.4, 0.5) is 0 Å². The molecule has 1 aromatic heterocycles. The molecule has 3 heteroatoms. The molecular formula is C9H13NOS. The van der Waals surface area contributed by atoms with E-state index in [1.807, 2.05) is 6.20 Å². The van der Waals surface area contributed by atoms with E-state index in [1.165, 1.54) is 4.88 Å². The van der Waals surface area contributed by atoms with Gasteiger partial charge >= 0.3 is 0 Å². The molecule has 0 amide bonds. The Labute approximate surface area is 76.6 Å². The minimum absolute atomic E-state index is 0.588. The van der Waals surface area contributed by atoms with Crippen LogP contribution in [0.1, 0.15) is 29.8 Å². The van der Waals surface area contributed by atoms with Crippen LogP contribution in [0, 0.1) is 0 Å². The fourth-order valence-electron chi connectivity index (χ4n) is 0.823. The molecule has 2 nitrogen and oxygen atoms in total. The molecule has 1 aromatic rings. The van der Waals surface area contributed by atoms with Gasteiger partial charge in [0.2, 0.25) is 0 Å². The Morgan fingerprint density at radius 2 is 2.50 bits per heavy atom. The highest BCUT2D eigenvalue weighted by Crippen LogP contribution is 2.24. The molecule has 1 atom stereocenters. The van der Waals surface area contributed by atoms with Crippen LogP contribution >= 0.6 is 11.3 Å². The summed E-state index contributed by atoms with van der Waals surface area (Å²) in [5.74, 6) is 0. The Morgan fingerprint density at radius 3 is 2.92 bits per heavy atom. The maximum Gasteiger partial charge on any atom is 0.126 e. The van der Waals surface area contributed by atoms with E-state index < -0.39 is 6.10 Å². The monoisotopic (exact) mass is 183 g/mol. The average Bonchev–Trinajstić information content (AvgIpc) is 2.50. The van der Waals surface area contributed by atoms with Gasteiger partial charge in [0.25, 0.3) is 0 Å². The first-order valence-electron chi connectivity index (χ1n) is 3.93. The topological polar surface area (TPSA) is 33.1 Å². The highest BCUT2D eigenvalue weighted by molar-refractivity contribution is 7.11. The number of aliphatic hydroxyl groups excluding tert-OH is 1. The van der Waals surface area contributed by atoms with Crippen LogP contribution in [0.25, 0.3) is 0 Å². The van der Waals surface area contributed by atoms with Gasteiger partial charge in [-0.3, -0.25) is 0 Å². The van der Waals surface area contributed by atoms with Gasteiger partial charge in [-0.25, -0.2) is 4.98 Å². The van der Waals surface area contributed by atoms with Gasteiger partial charge in [-0.05, 0) is 18.9 Å². The summed E-state index contributed by atoms with van der Waals surface area (Å²) in [4.78, 5) is 5.32. The van der Waals surface area contributed by atoms with Gasteiger partial charge in [0.15, 0.2) is 0 Å². The fraction of sp³-hybridized carbons (Fsp3) is 0.444. The van der Waals surface area contributed by atoms with Crippen molar-refractivity contribution in [2.24, 2.45) is 0 Å². The van der Waals surface area contributed by atoms with E-state index in [9.17, 15) is 5.11 Å². The first-order valence-corrected chi connectivity index (χ1v) is 4.74. The molecule has 0 saturated carbocycles. The summed E-state index contributed by atoms with van der Waals surface area (Å²) in [5, 5.41) is 10.3. The molecule has 0 radical (unpaired) electrons. The van der Waals surface area contributed by atoms with Crippen LogP contribution in [-0.2, 0) is 6.42 Å². The maximum atomic E-state index is 9.56. The molecule has 66 valence electrons. The van der Waals surface area contributed by atoms with Crippen LogP contribution < -0.4 is 0 Å². The Morgan fingerprint density at radius 1 is 1.83 bits per heavy atom. The van der Waals surface area contributed by atoms with Crippen molar-refractivity contribution in [3.8, 4) is 0 Å². The molecule has 12 heavy (non-hydrogen) atoms. The van der Waals surface area contributed by atoms with Crippen LogP contribution in [0.3, 0.4) is 0 Å². The molecule has 0 aromatic carbocycles. The van der Waals surface area contributed by atoms with Crippen molar-refractivity contribution in [1.29, 1.82) is 0 Å². The van der Waals surface area contributed by atoms with Crippen LogP contribution in [0.5, 0.6) is 0 Å². The lowest BCUT2D eigenvalue weighted by molar-refractivity contribution is 0.216. The van der Waals surface area contributed by atoms with E-state index in [1.54, 1.807) is 18.3 Å². The average molecular weight is 183 g/mol. The SMILES string of the molecule is C=C(C)C(O)c1ncc(CC)s1. The summed E-state index contributed by atoms with van der Waals surface area (Å²) in [5.41, 5.74) is 0.743. The number of aromatic nitrogens is 1. The number of hydrogen-bond donors (Lipinski definition) is 1. The van der Waals surface area contributed by atoms with Crippen molar-refractivity contribution < 1.29 is 5.11 Å². The molecule has 0 aliphatic heterocycles. The first kappa shape index (κ1) is 9.42. The van der Waals surface area contributed by atoms with Crippen LogP contribution in [0.15, 0.2) is 18.3 Å². The van der Waals surface area contributed by atoms with Gasteiger partial charge in [0.05, 0.1) is 0 Å². The van der Waals surface area contributed by atoms with Gasteiger partial charge in [0, 0.05) is 11.1 Å². The third kappa shape index (κ3) is 1.93. The van der Waals surface area contributed by atoms with Gasteiger partial charge in [-0.1, -0.05) is 13.5 Å². The van der Waals surface area contributed by atoms with Gasteiger partial charge in [0.1, 0.15) is 11.1 Å². The zero-order valence-corrected chi connectivity index (χ0v) is 8.19. The summed E-state index contributed by atoms with van der Waals surface area (Å²) in [6.45, 7) is 7.56. The van der Waals surface area contributed by atoms with Crippen LogP contribution in [-0.4, -0.2) is 10.1 Å². The highest BCUT2D eigenvalue weighted by atomic mass is 32.1. The fourth-order valence-corrected chi connectivity index (χ4v) is 1.76. The summed E-state index contributed by atoms with van der Waals surface area (Å²) >= 11 is 1.55. The van der Waals surface area contributed by atoms with Crippen molar-refractivity contribution >= 4 is 11.3 Å². The maximum absolute atomic E-state index is 9.56. The molecule has 0 aliphatic carbocycles. The molecule has 1 rings (SSSR count). The third-order valence-electron chi connectivity index (χ3n) is 1.62. The number of nitrogens with zero attached hydrogens (tertiary/aromatic N) is 1. The molecule has 0 fully saturated rings. The Kier molecular flexibility index (Phi) is 3.00.